The zero-order valence-electron chi connectivity index (χ0n) is 21.9. The molecule has 5 rings (SSSR count). The fraction of sp³-hybridized carbons (Fsp3) is 0.300. The summed E-state index contributed by atoms with van der Waals surface area (Å²) in [4.78, 5) is 41.5. The summed E-state index contributed by atoms with van der Waals surface area (Å²) in [5.74, 6) is -0.447. The highest BCUT2D eigenvalue weighted by molar-refractivity contribution is 5.98. The molecule has 0 radical (unpaired) electrons. The van der Waals surface area contributed by atoms with E-state index in [0.29, 0.717) is 37.2 Å². The van der Waals surface area contributed by atoms with E-state index in [-0.39, 0.29) is 49.4 Å². The Kier molecular flexibility index (Phi) is 7.92. The summed E-state index contributed by atoms with van der Waals surface area (Å²) in [6.45, 7) is 1.40. The van der Waals surface area contributed by atoms with Crippen molar-refractivity contribution in [2.45, 2.75) is 38.3 Å². The number of nitrogens with one attached hydrogen (secondary N) is 1. The molecule has 2 aliphatic rings. The minimum absolute atomic E-state index is 0.0989. The van der Waals surface area contributed by atoms with Gasteiger partial charge >= 0.3 is 6.09 Å². The van der Waals surface area contributed by atoms with Gasteiger partial charge in [0, 0.05) is 48.8 Å². The van der Waals surface area contributed by atoms with Gasteiger partial charge in [-0.15, -0.1) is 0 Å². The van der Waals surface area contributed by atoms with Crippen molar-refractivity contribution in [1.82, 2.24) is 5.32 Å². The molecule has 0 aliphatic carbocycles. The molecule has 204 valence electrons. The third-order valence-electron chi connectivity index (χ3n) is 7.40. The molecule has 2 heterocycles. The van der Waals surface area contributed by atoms with Crippen LogP contribution in [0.2, 0.25) is 0 Å². The highest BCUT2D eigenvalue weighted by Gasteiger charge is 2.36. The van der Waals surface area contributed by atoms with Gasteiger partial charge in [0.2, 0.25) is 0 Å². The number of benzene rings is 3. The number of hydrogen-bond donors (Lipinski definition) is 1. The maximum atomic E-state index is 13.0. The summed E-state index contributed by atoms with van der Waals surface area (Å²) < 4.78 is 5.40. The number of anilines is 2. The van der Waals surface area contributed by atoms with Gasteiger partial charge in [0.15, 0.2) is 0 Å². The van der Waals surface area contributed by atoms with E-state index in [1.165, 1.54) is 0 Å². The Balaban J connectivity index is 1.44. The number of carbonyl (C=O) groups excluding carboxylic acids is 2. The van der Waals surface area contributed by atoms with E-state index < -0.39 is 10.8 Å². The summed E-state index contributed by atoms with van der Waals surface area (Å²) in [7, 11) is 0. The standard InChI is InChI=1S/C30H29N5O5/c31-15-6-16-32-29(36)24-11-12-27(28(35(38)39)25(24)19-21-7-2-1-3-8-21)33-17-13-23(14-18-33)34-26-10-5-4-9-22(26)20-40-30(34)37/h1-5,7-12,23H,6,13-14,16-20H2,(H,32,36). The third kappa shape index (κ3) is 5.45. The van der Waals surface area contributed by atoms with Gasteiger partial charge < -0.3 is 15.0 Å². The maximum absolute atomic E-state index is 13.0. The SMILES string of the molecule is N#CCCNC(=O)c1ccc(N2CCC(N3C(=O)OCc4ccccc43)CC2)c([N+](=O)[O-])c1Cc1ccccc1. The lowest BCUT2D eigenvalue weighted by Crippen LogP contribution is -2.49. The number of hydrogen-bond acceptors (Lipinski definition) is 7. The molecule has 1 saturated heterocycles. The highest BCUT2D eigenvalue weighted by atomic mass is 16.6. The number of amides is 2. The molecule has 1 fully saturated rings. The van der Waals surface area contributed by atoms with Crippen molar-refractivity contribution >= 4 is 29.1 Å². The summed E-state index contributed by atoms with van der Waals surface area (Å²) in [5.41, 5.74) is 3.55. The zero-order chi connectivity index (χ0) is 28.1. The van der Waals surface area contributed by atoms with Crippen molar-refractivity contribution in [2.24, 2.45) is 0 Å². The largest absolute Gasteiger partial charge is 0.444 e. The number of fused-ring (bicyclic) bond motifs is 1. The first kappa shape index (κ1) is 26.7. The second-order valence-corrected chi connectivity index (χ2v) is 9.81. The molecule has 3 aromatic carbocycles. The Hall–Kier alpha value is -4.91. The van der Waals surface area contributed by atoms with E-state index in [1.54, 1.807) is 17.0 Å². The monoisotopic (exact) mass is 539 g/mol. The van der Waals surface area contributed by atoms with Crippen LogP contribution < -0.4 is 15.1 Å². The smallest absolute Gasteiger partial charge is 0.414 e. The predicted molar refractivity (Wildman–Crippen MR) is 149 cm³/mol. The molecule has 0 aromatic heterocycles. The summed E-state index contributed by atoms with van der Waals surface area (Å²) in [6.07, 6.45) is 1.18. The summed E-state index contributed by atoms with van der Waals surface area (Å²) in [5, 5.41) is 24.1. The van der Waals surface area contributed by atoms with Crippen LogP contribution in [0.5, 0.6) is 0 Å². The van der Waals surface area contributed by atoms with E-state index in [2.05, 4.69) is 5.32 Å². The molecular weight excluding hydrogens is 510 g/mol. The van der Waals surface area contributed by atoms with Crippen LogP contribution in [0.15, 0.2) is 66.7 Å². The number of para-hydroxylation sites is 1. The number of carbonyl (C=O) groups is 2. The molecule has 10 heteroatoms. The van der Waals surface area contributed by atoms with Crippen molar-refractivity contribution in [3.63, 3.8) is 0 Å². The number of piperidine rings is 1. The molecule has 0 bridgehead atoms. The topological polar surface area (TPSA) is 129 Å². The Labute approximate surface area is 231 Å². The van der Waals surface area contributed by atoms with E-state index in [4.69, 9.17) is 10.00 Å². The first-order valence-electron chi connectivity index (χ1n) is 13.3. The molecule has 0 unspecified atom stereocenters. The number of nitro groups is 1. The molecule has 40 heavy (non-hydrogen) atoms. The summed E-state index contributed by atoms with van der Waals surface area (Å²) >= 11 is 0. The molecule has 10 nitrogen and oxygen atoms in total. The Bertz CT molecular complexity index is 1460. The number of nitro benzene ring substituents is 1. The van der Waals surface area contributed by atoms with Gasteiger partial charge in [-0.1, -0.05) is 48.5 Å². The van der Waals surface area contributed by atoms with Crippen molar-refractivity contribution < 1.29 is 19.2 Å². The van der Waals surface area contributed by atoms with Gasteiger partial charge in [0.1, 0.15) is 12.3 Å². The number of rotatable bonds is 8. The van der Waals surface area contributed by atoms with Crippen LogP contribution in [0.1, 0.15) is 46.3 Å². The Morgan fingerprint density at radius 1 is 1.05 bits per heavy atom. The molecule has 2 amide bonds. The van der Waals surface area contributed by atoms with Gasteiger partial charge in [0.25, 0.3) is 11.6 Å². The summed E-state index contributed by atoms with van der Waals surface area (Å²) in [6, 6.07) is 22.1. The fourth-order valence-electron chi connectivity index (χ4n) is 5.49. The Morgan fingerprint density at radius 2 is 1.77 bits per heavy atom. The zero-order valence-corrected chi connectivity index (χ0v) is 21.9. The van der Waals surface area contributed by atoms with Gasteiger partial charge in [-0.05, 0) is 36.6 Å². The number of cyclic esters (lactones) is 1. The normalized spacial score (nSPS) is 15.1. The minimum Gasteiger partial charge on any atom is -0.444 e. The average Bonchev–Trinajstić information content (AvgIpc) is 2.97. The van der Waals surface area contributed by atoms with Crippen LogP contribution in [0.25, 0.3) is 0 Å². The van der Waals surface area contributed by atoms with Gasteiger partial charge in [0.05, 0.1) is 23.1 Å². The van der Waals surface area contributed by atoms with Crippen molar-refractivity contribution in [3.8, 4) is 6.07 Å². The minimum atomic E-state index is -0.447. The molecule has 2 aliphatic heterocycles. The first-order chi connectivity index (χ1) is 19.5. The van der Waals surface area contributed by atoms with E-state index >= 15 is 0 Å². The van der Waals surface area contributed by atoms with Crippen molar-refractivity contribution in [3.05, 3.63) is 99.1 Å². The lowest BCUT2D eigenvalue weighted by atomic mass is 9.94. The maximum Gasteiger partial charge on any atom is 0.414 e. The van der Waals surface area contributed by atoms with Crippen LogP contribution in [-0.4, -0.2) is 42.6 Å². The highest BCUT2D eigenvalue weighted by Crippen LogP contribution is 2.38. The van der Waals surface area contributed by atoms with Crippen molar-refractivity contribution in [1.29, 1.82) is 5.26 Å². The number of ether oxygens (including phenoxy) is 1. The van der Waals surface area contributed by atoms with Crippen LogP contribution in [-0.2, 0) is 17.8 Å². The molecule has 1 N–H and O–H groups in total. The van der Waals surface area contributed by atoms with E-state index in [0.717, 1.165) is 16.8 Å². The first-order valence-corrected chi connectivity index (χ1v) is 13.3. The molecule has 0 spiro atoms. The third-order valence-corrected chi connectivity index (χ3v) is 7.40. The van der Waals surface area contributed by atoms with Crippen LogP contribution in [0.4, 0.5) is 21.9 Å². The average molecular weight is 540 g/mol. The predicted octanol–water partition coefficient (Wildman–Crippen LogP) is 4.95. The molecule has 0 atom stereocenters. The molecular formula is C30H29N5O5. The van der Waals surface area contributed by atoms with Crippen LogP contribution in [0.3, 0.4) is 0 Å². The van der Waals surface area contributed by atoms with Crippen molar-refractivity contribution in [2.75, 3.05) is 29.4 Å². The lowest BCUT2D eigenvalue weighted by Gasteiger charge is -2.40. The second-order valence-electron chi connectivity index (χ2n) is 9.81. The van der Waals surface area contributed by atoms with Crippen LogP contribution in [0, 0.1) is 21.4 Å². The molecule has 0 saturated carbocycles. The van der Waals surface area contributed by atoms with E-state index in [1.807, 2.05) is 65.6 Å². The van der Waals surface area contributed by atoms with E-state index in [9.17, 15) is 19.7 Å². The molecule has 3 aromatic rings. The van der Waals surface area contributed by atoms with Crippen LogP contribution >= 0.6 is 0 Å². The van der Waals surface area contributed by atoms with Gasteiger partial charge in [-0.25, -0.2) is 4.79 Å². The van der Waals surface area contributed by atoms with Gasteiger partial charge in [-0.3, -0.25) is 19.8 Å². The fourth-order valence-corrected chi connectivity index (χ4v) is 5.49. The number of nitriles is 1. The van der Waals surface area contributed by atoms with Gasteiger partial charge in [-0.2, -0.15) is 5.26 Å². The second kappa shape index (κ2) is 11.9. The Morgan fingerprint density at radius 3 is 2.50 bits per heavy atom. The quantitative estimate of drug-likeness (QED) is 0.243. The lowest BCUT2D eigenvalue weighted by molar-refractivity contribution is -0.384. The number of nitrogens with zero attached hydrogens (tertiary/aromatic N) is 4.